The lowest BCUT2D eigenvalue weighted by Gasteiger charge is -2.38. The number of halogens is 1. The van der Waals surface area contributed by atoms with Crippen molar-refractivity contribution in [2.45, 2.75) is 33.0 Å². The highest BCUT2D eigenvalue weighted by molar-refractivity contribution is 6.31. The molecule has 0 bridgehead atoms. The molecule has 2 heterocycles. The Bertz CT molecular complexity index is 776. The number of rotatable bonds is 4. The van der Waals surface area contributed by atoms with Gasteiger partial charge in [0.2, 0.25) is 23.6 Å². The average molecular weight is 349 g/mol. The van der Waals surface area contributed by atoms with E-state index in [0.29, 0.717) is 23.3 Å². The van der Waals surface area contributed by atoms with Gasteiger partial charge in [-0.25, -0.2) is 0 Å². The number of aromatic nitrogens is 2. The Kier molecular flexibility index (Phi) is 4.53. The van der Waals surface area contributed by atoms with Gasteiger partial charge in [-0.15, -0.1) is 10.2 Å². The van der Waals surface area contributed by atoms with Crippen LogP contribution in [0.25, 0.3) is 0 Å². The summed E-state index contributed by atoms with van der Waals surface area (Å²) in [4.78, 5) is 28.0. The molecule has 1 aromatic carbocycles. The number of benzene rings is 1. The summed E-state index contributed by atoms with van der Waals surface area (Å²) in [7, 11) is 0. The lowest BCUT2D eigenvalue weighted by molar-refractivity contribution is -0.156. The number of amides is 2. The summed E-state index contributed by atoms with van der Waals surface area (Å²) >= 11 is 6.14. The second-order valence-electron chi connectivity index (χ2n) is 5.70. The fourth-order valence-electron chi connectivity index (χ4n) is 2.68. The third-order valence-electron chi connectivity index (χ3n) is 3.98. The zero-order valence-electron chi connectivity index (χ0n) is 13.4. The van der Waals surface area contributed by atoms with Gasteiger partial charge in [0.05, 0.1) is 6.54 Å². The Hall–Kier alpha value is -2.41. The molecule has 8 heteroatoms. The molecule has 1 aromatic heterocycles. The molecule has 1 aliphatic heterocycles. The van der Waals surface area contributed by atoms with Crippen molar-refractivity contribution in [1.29, 1.82) is 0 Å². The highest BCUT2D eigenvalue weighted by Crippen LogP contribution is 2.21. The minimum Gasteiger partial charge on any atom is -0.424 e. The maximum absolute atomic E-state index is 12.6. The Morgan fingerprint density at radius 1 is 1.25 bits per heavy atom. The van der Waals surface area contributed by atoms with E-state index in [1.807, 2.05) is 18.2 Å². The van der Waals surface area contributed by atoms with E-state index in [0.717, 1.165) is 5.56 Å². The minimum atomic E-state index is -0.596. The molecule has 1 fully saturated rings. The van der Waals surface area contributed by atoms with Crippen LogP contribution in [0.2, 0.25) is 5.02 Å². The normalized spacial score (nSPS) is 18.4. The fourth-order valence-corrected chi connectivity index (χ4v) is 2.88. The fraction of sp³-hybridized carbons (Fsp3) is 0.375. The number of piperazine rings is 1. The van der Waals surface area contributed by atoms with Crippen LogP contribution in [0, 0.1) is 6.92 Å². The van der Waals surface area contributed by atoms with Crippen molar-refractivity contribution < 1.29 is 14.0 Å². The predicted molar refractivity (Wildman–Crippen MR) is 85.9 cm³/mol. The van der Waals surface area contributed by atoms with E-state index in [2.05, 4.69) is 10.2 Å². The van der Waals surface area contributed by atoms with Gasteiger partial charge in [-0.3, -0.25) is 9.59 Å². The van der Waals surface area contributed by atoms with Crippen molar-refractivity contribution in [3.05, 3.63) is 46.6 Å². The third kappa shape index (κ3) is 3.26. The SMILES string of the molecule is Cc1nnc(CN2C(=O)CN(Cc3ccccc3Cl)C(=O)[C@@H]2C)o1. The maximum Gasteiger partial charge on any atom is 0.245 e. The van der Waals surface area contributed by atoms with Gasteiger partial charge in [0, 0.05) is 18.5 Å². The zero-order chi connectivity index (χ0) is 17.3. The molecule has 24 heavy (non-hydrogen) atoms. The summed E-state index contributed by atoms with van der Waals surface area (Å²) in [6.07, 6.45) is 0. The molecule has 1 saturated heterocycles. The largest absolute Gasteiger partial charge is 0.424 e. The molecule has 2 amide bonds. The Morgan fingerprint density at radius 2 is 2.00 bits per heavy atom. The molecule has 0 radical (unpaired) electrons. The van der Waals surface area contributed by atoms with Gasteiger partial charge in [0.15, 0.2) is 0 Å². The van der Waals surface area contributed by atoms with E-state index in [4.69, 9.17) is 16.0 Å². The smallest absolute Gasteiger partial charge is 0.245 e. The van der Waals surface area contributed by atoms with Gasteiger partial charge in [-0.05, 0) is 18.6 Å². The molecule has 7 nitrogen and oxygen atoms in total. The van der Waals surface area contributed by atoms with E-state index < -0.39 is 6.04 Å². The van der Waals surface area contributed by atoms with Crippen LogP contribution in [0.15, 0.2) is 28.7 Å². The summed E-state index contributed by atoms with van der Waals surface area (Å²) in [5.74, 6) is 0.449. The molecular formula is C16H17ClN4O3. The molecule has 3 rings (SSSR count). The van der Waals surface area contributed by atoms with Crippen LogP contribution in [0.1, 0.15) is 24.3 Å². The first-order valence-corrected chi connectivity index (χ1v) is 7.94. The van der Waals surface area contributed by atoms with Crippen LogP contribution in [0.3, 0.4) is 0 Å². The summed E-state index contributed by atoms with van der Waals surface area (Å²) in [5.41, 5.74) is 0.813. The van der Waals surface area contributed by atoms with Crippen LogP contribution < -0.4 is 0 Å². The molecular weight excluding hydrogens is 332 g/mol. The van der Waals surface area contributed by atoms with Crippen LogP contribution in [-0.2, 0) is 22.7 Å². The summed E-state index contributed by atoms with van der Waals surface area (Å²) in [6, 6.07) is 6.69. The van der Waals surface area contributed by atoms with Gasteiger partial charge in [-0.1, -0.05) is 29.8 Å². The number of nitrogens with zero attached hydrogens (tertiary/aromatic N) is 4. The third-order valence-corrected chi connectivity index (χ3v) is 4.34. The zero-order valence-corrected chi connectivity index (χ0v) is 14.2. The molecule has 0 spiro atoms. The van der Waals surface area contributed by atoms with E-state index in [9.17, 15) is 9.59 Å². The van der Waals surface area contributed by atoms with Crippen molar-refractivity contribution in [3.8, 4) is 0 Å². The van der Waals surface area contributed by atoms with Crippen LogP contribution in [0.4, 0.5) is 0 Å². The number of hydrogen-bond acceptors (Lipinski definition) is 5. The molecule has 2 aromatic rings. The Labute approximate surface area is 144 Å². The Balaban J connectivity index is 1.73. The van der Waals surface area contributed by atoms with Crippen molar-refractivity contribution >= 4 is 23.4 Å². The van der Waals surface area contributed by atoms with Crippen LogP contribution >= 0.6 is 11.6 Å². The summed E-state index contributed by atoms with van der Waals surface area (Å²) in [5, 5.41) is 8.19. The summed E-state index contributed by atoms with van der Waals surface area (Å²) < 4.78 is 5.30. The van der Waals surface area contributed by atoms with Crippen molar-refractivity contribution in [3.63, 3.8) is 0 Å². The topological polar surface area (TPSA) is 79.5 Å². The monoisotopic (exact) mass is 348 g/mol. The number of carbonyl (C=O) groups is 2. The van der Waals surface area contributed by atoms with Crippen molar-refractivity contribution in [2.75, 3.05) is 6.54 Å². The first kappa shape index (κ1) is 16.4. The molecule has 126 valence electrons. The number of hydrogen-bond donors (Lipinski definition) is 0. The van der Waals surface area contributed by atoms with E-state index >= 15 is 0 Å². The second-order valence-corrected chi connectivity index (χ2v) is 6.11. The minimum absolute atomic E-state index is 0.00150. The highest BCUT2D eigenvalue weighted by Gasteiger charge is 2.37. The van der Waals surface area contributed by atoms with Crippen molar-refractivity contribution in [2.24, 2.45) is 0 Å². The van der Waals surface area contributed by atoms with Gasteiger partial charge in [0.25, 0.3) is 0 Å². The first-order chi connectivity index (χ1) is 11.5. The summed E-state index contributed by atoms with van der Waals surface area (Å²) in [6.45, 7) is 3.81. The predicted octanol–water partition coefficient (Wildman–Crippen LogP) is 1.79. The number of aryl methyl sites for hydroxylation is 1. The lowest BCUT2D eigenvalue weighted by Crippen LogP contribution is -2.58. The Morgan fingerprint density at radius 3 is 2.67 bits per heavy atom. The molecule has 1 atom stereocenters. The van der Waals surface area contributed by atoms with Crippen molar-refractivity contribution in [1.82, 2.24) is 20.0 Å². The molecule has 1 aliphatic rings. The quantitative estimate of drug-likeness (QED) is 0.841. The lowest BCUT2D eigenvalue weighted by atomic mass is 10.1. The van der Waals surface area contributed by atoms with E-state index in [1.165, 1.54) is 9.80 Å². The van der Waals surface area contributed by atoms with Gasteiger partial charge in [-0.2, -0.15) is 0 Å². The van der Waals surface area contributed by atoms with Gasteiger partial charge < -0.3 is 14.2 Å². The standard InChI is InChI=1S/C16H17ClN4O3/c1-10-16(23)20(7-12-5-3-4-6-13(12)17)9-15(22)21(10)8-14-19-18-11(2)24-14/h3-6,10H,7-9H2,1-2H3/t10-/m0/s1. The molecule has 0 N–H and O–H groups in total. The van der Waals surface area contributed by atoms with E-state index in [1.54, 1.807) is 19.9 Å². The van der Waals surface area contributed by atoms with Gasteiger partial charge >= 0.3 is 0 Å². The second kappa shape index (κ2) is 6.60. The highest BCUT2D eigenvalue weighted by atomic mass is 35.5. The van der Waals surface area contributed by atoms with Gasteiger partial charge in [0.1, 0.15) is 12.6 Å². The first-order valence-electron chi connectivity index (χ1n) is 7.56. The number of carbonyl (C=O) groups excluding carboxylic acids is 2. The molecule has 0 saturated carbocycles. The average Bonchev–Trinajstić information content (AvgIpc) is 2.96. The maximum atomic E-state index is 12.6. The van der Waals surface area contributed by atoms with Crippen LogP contribution in [0.5, 0.6) is 0 Å². The molecule has 0 aliphatic carbocycles. The van der Waals surface area contributed by atoms with E-state index in [-0.39, 0.29) is 24.9 Å². The van der Waals surface area contributed by atoms with Crippen LogP contribution in [-0.4, -0.2) is 44.4 Å². The molecule has 0 unspecified atom stereocenters.